The SMILES string of the molecule is Cc1cc2c(cc1CNC(=O)CCC#N)OCCO2. The highest BCUT2D eigenvalue weighted by atomic mass is 16.6. The average molecular weight is 260 g/mol. The van der Waals surface area contributed by atoms with E-state index in [0.717, 1.165) is 22.6 Å². The van der Waals surface area contributed by atoms with Gasteiger partial charge in [-0.25, -0.2) is 0 Å². The van der Waals surface area contributed by atoms with Crippen molar-refractivity contribution < 1.29 is 14.3 Å². The Labute approximate surface area is 112 Å². The third-order valence-electron chi connectivity index (χ3n) is 2.94. The fraction of sp³-hybridized carbons (Fsp3) is 0.429. The van der Waals surface area contributed by atoms with E-state index in [1.54, 1.807) is 0 Å². The maximum atomic E-state index is 11.5. The molecule has 1 aromatic rings. The molecule has 5 heteroatoms. The molecule has 2 rings (SSSR count). The minimum Gasteiger partial charge on any atom is -0.486 e. The van der Waals surface area contributed by atoms with Crippen LogP contribution in [-0.2, 0) is 11.3 Å². The predicted octanol–water partition coefficient (Wildman–Crippen LogP) is 1.69. The van der Waals surface area contributed by atoms with Gasteiger partial charge in [0.1, 0.15) is 13.2 Å². The Morgan fingerprint density at radius 2 is 2.05 bits per heavy atom. The fourth-order valence-corrected chi connectivity index (χ4v) is 1.87. The summed E-state index contributed by atoms with van der Waals surface area (Å²) in [5.74, 6) is 1.36. The summed E-state index contributed by atoms with van der Waals surface area (Å²) < 4.78 is 11.0. The first-order chi connectivity index (χ1) is 9.20. The average Bonchev–Trinajstić information content (AvgIpc) is 2.42. The van der Waals surface area contributed by atoms with Crippen molar-refractivity contribution in [3.63, 3.8) is 0 Å². The standard InChI is InChI=1S/C14H16N2O3/c1-10-7-12-13(19-6-5-18-12)8-11(10)9-16-14(17)3-2-4-15/h7-8H,2-3,5-6,9H2,1H3,(H,16,17). The number of benzene rings is 1. The number of hydrogen-bond donors (Lipinski definition) is 1. The van der Waals surface area contributed by atoms with Crippen LogP contribution in [-0.4, -0.2) is 19.1 Å². The maximum absolute atomic E-state index is 11.5. The van der Waals surface area contributed by atoms with Crippen LogP contribution in [0.4, 0.5) is 0 Å². The molecule has 1 N–H and O–H groups in total. The molecule has 5 nitrogen and oxygen atoms in total. The molecule has 0 aliphatic carbocycles. The normalized spacial score (nSPS) is 12.6. The van der Waals surface area contributed by atoms with Crippen molar-refractivity contribution in [2.45, 2.75) is 26.3 Å². The van der Waals surface area contributed by atoms with Gasteiger partial charge in [0, 0.05) is 19.4 Å². The molecule has 1 heterocycles. The molecule has 0 atom stereocenters. The highest BCUT2D eigenvalue weighted by molar-refractivity contribution is 5.76. The molecule has 100 valence electrons. The molecule has 0 spiro atoms. The molecule has 1 aromatic carbocycles. The molecule has 1 amide bonds. The van der Waals surface area contributed by atoms with E-state index in [1.807, 2.05) is 25.1 Å². The van der Waals surface area contributed by atoms with Crippen molar-refractivity contribution in [1.29, 1.82) is 5.26 Å². The fourth-order valence-electron chi connectivity index (χ4n) is 1.87. The summed E-state index contributed by atoms with van der Waals surface area (Å²) in [6.45, 7) is 3.52. The van der Waals surface area contributed by atoms with Gasteiger partial charge in [-0.1, -0.05) is 0 Å². The predicted molar refractivity (Wildman–Crippen MR) is 68.9 cm³/mol. The Morgan fingerprint density at radius 1 is 1.37 bits per heavy atom. The molecular formula is C14H16N2O3. The zero-order chi connectivity index (χ0) is 13.7. The molecule has 0 saturated heterocycles. The molecule has 0 fully saturated rings. The van der Waals surface area contributed by atoms with E-state index in [1.165, 1.54) is 0 Å². The zero-order valence-corrected chi connectivity index (χ0v) is 10.9. The topological polar surface area (TPSA) is 71.4 Å². The Balaban J connectivity index is 2.00. The Bertz CT molecular complexity index is 520. The summed E-state index contributed by atoms with van der Waals surface area (Å²) in [7, 11) is 0. The van der Waals surface area contributed by atoms with Gasteiger partial charge in [-0.2, -0.15) is 5.26 Å². The lowest BCUT2D eigenvalue weighted by Gasteiger charge is -2.20. The Kier molecular flexibility index (Phi) is 4.24. The van der Waals surface area contributed by atoms with E-state index in [0.29, 0.717) is 19.8 Å². The third-order valence-corrected chi connectivity index (χ3v) is 2.94. The van der Waals surface area contributed by atoms with Crippen molar-refractivity contribution in [2.75, 3.05) is 13.2 Å². The van der Waals surface area contributed by atoms with Crippen LogP contribution in [0.2, 0.25) is 0 Å². The van der Waals surface area contributed by atoms with E-state index in [9.17, 15) is 4.79 Å². The van der Waals surface area contributed by atoms with Gasteiger partial charge in [-0.3, -0.25) is 4.79 Å². The van der Waals surface area contributed by atoms with Crippen LogP contribution >= 0.6 is 0 Å². The second-order valence-electron chi connectivity index (χ2n) is 4.36. The molecule has 19 heavy (non-hydrogen) atoms. The second-order valence-corrected chi connectivity index (χ2v) is 4.36. The Hall–Kier alpha value is -2.22. The lowest BCUT2D eigenvalue weighted by Crippen LogP contribution is -2.23. The van der Waals surface area contributed by atoms with Crippen LogP contribution < -0.4 is 14.8 Å². The number of amides is 1. The molecule has 0 bridgehead atoms. The van der Waals surface area contributed by atoms with Gasteiger partial charge in [0.25, 0.3) is 0 Å². The highest BCUT2D eigenvalue weighted by Gasteiger charge is 2.14. The first kappa shape index (κ1) is 13.2. The summed E-state index contributed by atoms with van der Waals surface area (Å²) in [6.07, 6.45) is 0.478. The van der Waals surface area contributed by atoms with Gasteiger partial charge in [0.2, 0.25) is 5.91 Å². The van der Waals surface area contributed by atoms with Crippen molar-refractivity contribution >= 4 is 5.91 Å². The first-order valence-corrected chi connectivity index (χ1v) is 6.23. The quantitative estimate of drug-likeness (QED) is 0.894. The molecular weight excluding hydrogens is 244 g/mol. The van der Waals surface area contributed by atoms with Crippen LogP contribution in [0.15, 0.2) is 12.1 Å². The lowest BCUT2D eigenvalue weighted by molar-refractivity contribution is -0.121. The van der Waals surface area contributed by atoms with E-state index in [-0.39, 0.29) is 18.7 Å². The monoisotopic (exact) mass is 260 g/mol. The number of hydrogen-bond acceptors (Lipinski definition) is 4. The van der Waals surface area contributed by atoms with E-state index in [2.05, 4.69) is 5.32 Å². The highest BCUT2D eigenvalue weighted by Crippen LogP contribution is 2.32. The summed E-state index contributed by atoms with van der Waals surface area (Å²) >= 11 is 0. The van der Waals surface area contributed by atoms with E-state index < -0.39 is 0 Å². The van der Waals surface area contributed by atoms with Crippen LogP contribution in [0.25, 0.3) is 0 Å². The first-order valence-electron chi connectivity index (χ1n) is 6.23. The maximum Gasteiger partial charge on any atom is 0.221 e. The number of nitriles is 1. The molecule has 0 saturated carbocycles. The second kappa shape index (κ2) is 6.10. The molecule has 1 aliphatic heterocycles. The minimum atomic E-state index is -0.115. The summed E-state index contributed by atoms with van der Waals surface area (Å²) in [5, 5.41) is 11.2. The van der Waals surface area contributed by atoms with Gasteiger partial charge in [-0.15, -0.1) is 0 Å². The number of aryl methyl sites for hydroxylation is 1. The van der Waals surface area contributed by atoms with Crippen molar-refractivity contribution in [1.82, 2.24) is 5.32 Å². The number of nitrogens with one attached hydrogen (secondary N) is 1. The number of ether oxygens (including phenoxy) is 2. The van der Waals surface area contributed by atoms with Crippen molar-refractivity contribution in [2.24, 2.45) is 0 Å². The van der Waals surface area contributed by atoms with Gasteiger partial charge < -0.3 is 14.8 Å². The van der Waals surface area contributed by atoms with Crippen LogP contribution in [0, 0.1) is 18.3 Å². The zero-order valence-electron chi connectivity index (χ0n) is 10.9. The summed E-state index contributed by atoms with van der Waals surface area (Å²) in [6, 6.07) is 5.77. The van der Waals surface area contributed by atoms with Crippen molar-refractivity contribution in [3.05, 3.63) is 23.3 Å². The van der Waals surface area contributed by atoms with Gasteiger partial charge in [0.05, 0.1) is 6.07 Å². The largest absolute Gasteiger partial charge is 0.486 e. The summed E-state index contributed by atoms with van der Waals surface area (Å²) in [4.78, 5) is 11.5. The number of nitrogens with zero attached hydrogens (tertiary/aromatic N) is 1. The van der Waals surface area contributed by atoms with Gasteiger partial charge >= 0.3 is 0 Å². The van der Waals surface area contributed by atoms with Gasteiger partial charge in [-0.05, 0) is 30.2 Å². The van der Waals surface area contributed by atoms with Crippen LogP contribution in [0.3, 0.4) is 0 Å². The number of carbonyl (C=O) groups excluding carboxylic acids is 1. The molecule has 1 aliphatic rings. The van der Waals surface area contributed by atoms with E-state index >= 15 is 0 Å². The van der Waals surface area contributed by atoms with E-state index in [4.69, 9.17) is 14.7 Å². The minimum absolute atomic E-state index is 0.115. The van der Waals surface area contributed by atoms with Crippen LogP contribution in [0.5, 0.6) is 11.5 Å². The number of carbonyl (C=O) groups is 1. The third kappa shape index (κ3) is 3.38. The molecule has 0 radical (unpaired) electrons. The number of fused-ring (bicyclic) bond motifs is 1. The molecule has 0 aromatic heterocycles. The molecule has 0 unspecified atom stereocenters. The van der Waals surface area contributed by atoms with Gasteiger partial charge in [0.15, 0.2) is 11.5 Å². The van der Waals surface area contributed by atoms with Crippen LogP contribution in [0.1, 0.15) is 24.0 Å². The summed E-state index contributed by atoms with van der Waals surface area (Å²) in [5.41, 5.74) is 2.04. The van der Waals surface area contributed by atoms with Crippen molar-refractivity contribution in [3.8, 4) is 17.6 Å². The Morgan fingerprint density at radius 3 is 2.74 bits per heavy atom. The smallest absolute Gasteiger partial charge is 0.221 e. The number of rotatable bonds is 4. The lowest BCUT2D eigenvalue weighted by atomic mass is 10.1.